The van der Waals surface area contributed by atoms with Crippen molar-refractivity contribution in [3.05, 3.63) is 75.1 Å². The molecule has 1 saturated carbocycles. The van der Waals surface area contributed by atoms with Crippen molar-refractivity contribution < 1.29 is 23.5 Å². The van der Waals surface area contributed by atoms with Crippen LogP contribution in [0.4, 0.5) is 0 Å². The number of carbonyl (C=O) groups excluding carboxylic acids is 3. The van der Waals surface area contributed by atoms with Crippen LogP contribution < -0.4 is 20.8 Å². The van der Waals surface area contributed by atoms with Crippen LogP contribution in [0.1, 0.15) is 88.8 Å². The lowest BCUT2D eigenvalue weighted by atomic mass is 9.63. The van der Waals surface area contributed by atoms with Crippen LogP contribution in [-0.2, 0) is 16.0 Å². The Bertz CT molecular complexity index is 1650. The van der Waals surface area contributed by atoms with Gasteiger partial charge < -0.3 is 24.7 Å². The number of fused-ring (bicyclic) bond motifs is 1. The van der Waals surface area contributed by atoms with Crippen molar-refractivity contribution in [3.8, 4) is 5.75 Å². The number of ether oxygens (including phenoxy) is 1. The highest BCUT2D eigenvalue weighted by atomic mass is 35.5. The lowest BCUT2D eigenvalue weighted by Crippen LogP contribution is -2.59. The van der Waals surface area contributed by atoms with E-state index in [1.807, 2.05) is 39.8 Å². The Morgan fingerprint density at radius 1 is 1.02 bits per heavy atom. The van der Waals surface area contributed by atoms with E-state index in [0.29, 0.717) is 48.7 Å². The van der Waals surface area contributed by atoms with Gasteiger partial charge in [0, 0.05) is 36.1 Å². The molecule has 2 heterocycles. The summed E-state index contributed by atoms with van der Waals surface area (Å²) in [6, 6.07) is 12.2. The van der Waals surface area contributed by atoms with Crippen LogP contribution in [0, 0.1) is 11.3 Å². The van der Waals surface area contributed by atoms with E-state index in [1.165, 1.54) is 6.42 Å². The minimum absolute atomic E-state index is 0.0785. The van der Waals surface area contributed by atoms with Crippen LogP contribution in [0.25, 0.3) is 11.0 Å². The molecule has 5 rings (SSSR count). The highest BCUT2D eigenvalue weighted by molar-refractivity contribution is 6.30. The Morgan fingerprint density at radius 3 is 2.34 bits per heavy atom. The molecule has 2 aromatic carbocycles. The average molecular weight is 664 g/mol. The zero-order valence-electron chi connectivity index (χ0n) is 27.8. The second-order valence-corrected chi connectivity index (χ2v) is 14.4. The second kappa shape index (κ2) is 14.5. The van der Waals surface area contributed by atoms with E-state index in [4.69, 9.17) is 20.8 Å². The van der Waals surface area contributed by atoms with Crippen molar-refractivity contribution in [2.45, 2.75) is 90.6 Å². The van der Waals surface area contributed by atoms with Crippen molar-refractivity contribution in [2.75, 3.05) is 19.7 Å². The molecule has 1 saturated heterocycles. The van der Waals surface area contributed by atoms with Gasteiger partial charge in [-0.15, -0.1) is 0 Å². The number of hydrogen-bond acceptors (Lipinski definition) is 6. The van der Waals surface area contributed by atoms with Crippen molar-refractivity contribution in [1.82, 2.24) is 15.5 Å². The molecule has 1 atom stereocenters. The number of nitrogens with one attached hydrogen (secondary N) is 2. The highest BCUT2D eigenvalue weighted by Gasteiger charge is 2.49. The maximum Gasteiger partial charge on any atom is 0.287 e. The number of rotatable bonds is 9. The van der Waals surface area contributed by atoms with E-state index in [2.05, 4.69) is 10.6 Å². The SMILES string of the molecule is CCOc1ccc2oc(C(=O)N[C@H](Cc3ccc(Cl)cc3)C(=O)N3CCC(C(=O)NC(C)(C)C)(C4CCCCC4)CC3)cc(=O)c2c1. The van der Waals surface area contributed by atoms with Crippen LogP contribution >= 0.6 is 11.6 Å². The largest absolute Gasteiger partial charge is 0.494 e. The molecule has 1 aromatic heterocycles. The Balaban J connectivity index is 1.37. The van der Waals surface area contributed by atoms with Gasteiger partial charge in [0.15, 0.2) is 11.2 Å². The molecule has 252 valence electrons. The molecule has 1 aliphatic heterocycles. The summed E-state index contributed by atoms with van der Waals surface area (Å²) in [7, 11) is 0. The van der Waals surface area contributed by atoms with E-state index in [0.717, 1.165) is 37.3 Å². The molecular formula is C37H46ClN3O6. The second-order valence-electron chi connectivity index (χ2n) is 13.9. The fourth-order valence-corrected chi connectivity index (χ4v) is 7.20. The molecule has 2 fully saturated rings. The van der Waals surface area contributed by atoms with Gasteiger partial charge >= 0.3 is 0 Å². The smallest absolute Gasteiger partial charge is 0.287 e. The molecular weight excluding hydrogens is 618 g/mol. The predicted molar refractivity (Wildman–Crippen MR) is 183 cm³/mol. The molecule has 0 radical (unpaired) electrons. The van der Waals surface area contributed by atoms with Gasteiger partial charge in [-0.2, -0.15) is 0 Å². The number of likely N-dealkylation sites (tertiary alicyclic amines) is 1. The summed E-state index contributed by atoms with van der Waals surface area (Å²) in [5.41, 5.74) is -0.217. The zero-order chi connectivity index (χ0) is 33.8. The molecule has 0 bridgehead atoms. The molecule has 1 aliphatic carbocycles. The third-order valence-corrected chi connectivity index (χ3v) is 9.74. The third-order valence-electron chi connectivity index (χ3n) is 9.48. The maximum atomic E-state index is 14.2. The first-order valence-corrected chi connectivity index (χ1v) is 17.1. The fraction of sp³-hybridized carbons (Fsp3) is 0.514. The number of amides is 3. The van der Waals surface area contributed by atoms with Gasteiger partial charge in [0.1, 0.15) is 17.4 Å². The van der Waals surface area contributed by atoms with Crippen molar-refractivity contribution >= 4 is 40.3 Å². The van der Waals surface area contributed by atoms with Gasteiger partial charge in [-0.3, -0.25) is 19.2 Å². The standard InChI is InChI=1S/C37H46ClN3O6/c1-5-46-27-15-16-31-28(22-27)30(42)23-32(47-31)33(43)39-29(21-24-11-13-26(38)14-12-24)34(44)41-19-17-37(18-20-41,25-9-7-6-8-10-25)35(45)40-36(2,3)4/h11-16,22-23,25,29H,5-10,17-21H2,1-4H3,(H,39,43)(H,40,45)/t29-/m1/s1. The number of carbonyl (C=O) groups is 3. The van der Waals surface area contributed by atoms with E-state index < -0.39 is 17.4 Å². The third kappa shape index (κ3) is 8.18. The van der Waals surface area contributed by atoms with Gasteiger partial charge in [-0.25, -0.2) is 0 Å². The topological polar surface area (TPSA) is 118 Å². The summed E-state index contributed by atoms with van der Waals surface area (Å²) in [5, 5.41) is 6.97. The molecule has 2 N–H and O–H groups in total. The first kappa shape index (κ1) is 34.5. The van der Waals surface area contributed by atoms with E-state index in [1.54, 1.807) is 35.2 Å². The van der Waals surface area contributed by atoms with Gasteiger partial charge in [0.2, 0.25) is 11.8 Å². The van der Waals surface area contributed by atoms with Crippen LogP contribution in [0.3, 0.4) is 0 Å². The van der Waals surface area contributed by atoms with Crippen LogP contribution in [0.2, 0.25) is 5.02 Å². The number of piperidine rings is 1. The van der Waals surface area contributed by atoms with Gasteiger partial charge in [0.25, 0.3) is 5.91 Å². The quantitative estimate of drug-likeness (QED) is 0.278. The molecule has 0 spiro atoms. The van der Waals surface area contributed by atoms with E-state index >= 15 is 0 Å². The molecule has 47 heavy (non-hydrogen) atoms. The lowest BCUT2D eigenvalue weighted by molar-refractivity contribution is -0.147. The average Bonchev–Trinajstić information content (AvgIpc) is 3.05. The number of nitrogens with zero attached hydrogens (tertiary/aromatic N) is 1. The summed E-state index contributed by atoms with van der Waals surface area (Å²) < 4.78 is 11.3. The summed E-state index contributed by atoms with van der Waals surface area (Å²) in [4.78, 5) is 56.3. The Morgan fingerprint density at radius 2 is 1.70 bits per heavy atom. The van der Waals surface area contributed by atoms with Crippen molar-refractivity contribution in [3.63, 3.8) is 0 Å². The van der Waals surface area contributed by atoms with E-state index in [-0.39, 0.29) is 46.5 Å². The summed E-state index contributed by atoms with van der Waals surface area (Å²) in [5.74, 6) is -0.206. The molecule has 3 aromatic rings. The summed E-state index contributed by atoms with van der Waals surface area (Å²) >= 11 is 6.12. The summed E-state index contributed by atoms with van der Waals surface area (Å²) in [6.07, 6.45) is 6.81. The monoisotopic (exact) mass is 663 g/mol. The van der Waals surface area contributed by atoms with Crippen LogP contribution in [-0.4, -0.2) is 53.9 Å². The van der Waals surface area contributed by atoms with Gasteiger partial charge in [-0.1, -0.05) is 43.0 Å². The number of benzene rings is 2. The molecule has 2 aliphatic rings. The van der Waals surface area contributed by atoms with Gasteiger partial charge in [-0.05, 0) is 95.2 Å². The Labute approximate surface area is 281 Å². The maximum absolute atomic E-state index is 14.2. The summed E-state index contributed by atoms with van der Waals surface area (Å²) in [6.45, 7) is 9.11. The van der Waals surface area contributed by atoms with Crippen LogP contribution in [0.15, 0.2) is 57.7 Å². The normalized spacial score (nSPS) is 17.6. The number of halogens is 1. The Kier molecular flexibility index (Phi) is 10.6. The van der Waals surface area contributed by atoms with Crippen molar-refractivity contribution in [1.29, 1.82) is 0 Å². The number of hydrogen-bond donors (Lipinski definition) is 2. The first-order valence-electron chi connectivity index (χ1n) is 16.8. The van der Waals surface area contributed by atoms with Crippen molar-refractivity contribution in [2.24, 2.45) is 11.3 Å². The predicted octanol–water partition coefficient (Wildman–Crippen LogP) is 6.29. The first-order chi connectivity index (χ1) is 22.4. The molecule has 9 nitrogen and oxygen atoms in total. The zero-order valence-corrected chi connectivity index (χ0v) is 28.6. The minimum Gasteiger partial charge on any atom is -0.494 e. The van der Waals surface area contributed by atoms with E-state index in [9.17, 15) is 19.2 Å². The Hall–Kier alpha value is -3.85. The molecule has 3 amide bonds. The lowest BCUT2D eigenvalue weighted by Gasteiger charge is -2.48. The van der Waals surface area contributed by atoms with Crippen LogP contribution in [0.5, 0.6) is 5.75 Å². The highest BCUT2D eigenvalue weighted by Crippen LogP contribution is 2.46. The molecule has 10 heteroatoms. The molecule has 0 unspecified atom stereocenters. The minimum atomic E-state index is -0.935. The van der Waals surface area contributed by atoms with Gasteiger partial charge in [0.05, 0.1) is 17.4 Å². The fourth-order valence-electron chi connectivity index (χ4n) is 7.08.